The molecule has 1 atom stereocenters. The standard InChI is InChI=1S/C14H17N3O4S/c1-9(14(19)15-8-13(18)16-10-2-3-10)22-12-6-4-11(5-7-12)17(20)21/h4-7,9-10H,2-3,8H2,1H3,(H,15,19)(H,16,18)/t9-/m1/s1. The first-order valence-corrected chi connectivity index (χ1v) is 7.82. The van der Waals surface area contributed by atoms with Crippen molar-refractivity contribution in [2.45, 2.75) is 36.0 Å². The zero-order chi connectivity index (χ0) is 16.1. The Bertz CT molecular complexity index is 572. The van der Waals surface area contributed by atoms with Crippen molar-refractivity contribution in [3.63, 3.8) is 0 Å². The first-order chi connectivity index (χ1) is 10.5. The number of thioether (sulfide) groups is 1. The van der Waals surface area contributed by atoms with Crippen LogP contribution in [0.2, 0.25) is 0 Å². The molecule has 1 aromatic carbocycles. The minimum atomic E-state index is -0.469. The maximum Gasteiger partial charge on any atom is 0.269 e. The summed E-state index contributed by atoms with van der Waals surface area (Å²) in [5.41, 5.74) is 0.0122. The Kier molecular flexibility index (Phi) is 5.37. The van der Waals surface area contributed by atoms with Gasteiger partial charge in [-0.1, -0.05) is 0 Å². The normalized spacial score (nSPS) is 15.0. The van der Waals surface area contributed by atoms with Crippen LogP contribution in [-0.4, -0.2) is 34.6 Å². The molecule has 118 valence electrons. The average molecular weight is 323 g/mol. The average Bonchev–Trinajstić information content (AvgIpc) is 3.29. The summed E-state index contributed by atoms with van der Waals surface area (Å²) in [4.78, 5) is 34.3. The number of hydrogen-bond acceptors (Lipinski definition) is 5. The molecule has 0 aromatic heterocycles. The topological polar surface area (TPSA) is 101 Å². The monoisotopic (exact) mass is 323 g/mol. The predicted molar refractivity (Wildman–Crippen MR) is 82.6 cm³/mol. The smallest absolute Gasteiger partial charge is 0.269 e. The summed E-state index contributed by atoms with van der Waals surface area (Å²) >= 11 is 1.28. The van der Waals surface area contributed by atoms with E-state index in [1.54, 1.807) is 19.1 Å². The van der Waals surface area contributed by atoms with E-state index in [0.29, 0.717) is 0 Å². The number of rotatable bonds is 7. The van der Waals surface area contributed by atoms with E-state index in [1.807, 2.05) is 0 Å². The van der Waals surface area contributed by atoms with Crippen molar-refractivity contribution in [2.24, 2.45) is 0 Å². The van der Waals surface area contributed by atoms with Gasteiger partial charge in [0, 0.05) is 23.1 Å². The SMILES string of the molecule is C[C@@H](Sc1ccc([N+](=O)[O-])cc1)C(=O)NCC(=O)NC1CC1. The van der Waals surface area contributed by atoms with Crippen LogP contribution < -0.4 is 10.6 Å². The summed E-state index contributed by atoms with van der Waals surface area (Å²) in [6, 6.07) is 6.28. The van der Waals surface area contributed by atoms with Crippen LogP contribution in [0.5, 0.6) is 0 Å². The van der Waals surface area contributed by atoms with Crippen molar-refractivity contribution in [2.75, 3.05) is 6.54 Å². The predicted octanol–water partition coefficient (Wildman–Crippen LogP) is 1.47. The Morgan fingerprint density at radius 3 is 2.55 bits per heavy atom. The molecule has 0 radical (unpaired) electrons. The molecule has 0 spiro atoms. The van der Waals surface area contributed by atoms with Gasteiger partial charge in [-0.2, -0.15) is 0 Å². The summed E-state index contributed by atoms with van der Waals surface area (Å²) < 4.78 is 0. The molecule has 0 unspecified atom stereocenters. The largest absolute Gasteiger partial charge is 0.352 e. The zero-order valence-electron chi connectivity index (χ0n) is 12.1. The maximum atomic E-state index is 11.9. The summed E-state index contributed by atoms with van der Waals surface area (Å²) in [5, 5.41) is 15.6. The molecule has 1 aliphatic carbocycles. The Balaban J connectivity index is 1.77. The van der Waals surface area contributed by atoms with E-state index in [4.69, 9.17) is 0 Å². The number of non-ortho nitro benzene ring substituents is 1. The van der Waals surface area contributed by atoms with Crippen LogP contribution in [0.3, 0.4) is 0 Å². The van der Waals surface area contributed by atoms with Gasteiger partial charge in [-0.15, -0.1) is 11.8 Å². The van der Waals surface area contributed by atoms with Crippen molar-refractivity contribution in [1.82, 2.24) is 10.6 Å². The Hall–Kier alpha value is -2.09. The Morgan fingerprint density at radius 1 is 1.36 bits per heavy atom. The second kappa shape index (κ2) is 7.26. The molecular formula is C14H17N3O4S. The molecule has 1 fully saturated rings. The number of nitro benzene ring substituents is 1. The Morgan fingerprint density at radius 2 is 2.00 bits per heavy atom. The zero-order valence-corrected chi connectivity index (χ0v) is 12.9. The summed E-state index contributed by atoms with van der Waals surface area (Å²) in [5.74, 6) is -0.419. The second-order valence-corrected chi connectivity index (χ2v) is 6.48. The molecule has 1 saturated carbocycles. The number of nitrogens with zero attached hydrogens (tertiary/aromatic N) is 1. The number of hydrogen-bond donors (Lipinski definition) is 2. The van der Waals surface area contributed by atoms with Gasteiger partial charge in [0.15, 0.2) is 0 Å². The molecule has 0 bridgehead atoms. The van der Waals surface area contributed by atoms with Crippen LogP contribution in [0.1, 0.15) is 19.8 Å². The summed E-state index contributed by atoms with van der Waals surface area (Å²) in [6.45, 7) is 1.70. The summed E-state index contributed by atoms with van der Waals surface area (Å²) in [6.07, 6.45) is 2.01. The lowest BCUT2D eigenvalue weighted by molar-refractivity contribution is -0.384. The molecule has 22 heavy (non-hydrogen) atoms. The van der Waals surface area contributed by atoms with Gasteiger partial charge in [-0.25, -0.2) is 0 Å². The van der Waals surface area contributed by atoms with Crippen molar-refractivity contribution in [1.29, 1.82) is 0 Å². The van der Waals surface area contributed by atoms with Crippen LogP contribution in [-0.2, 0) is 9.59 Å². The third-order valence-corrected chi connectivity index (χ3v) is 4.21. The van der Waals surface area contributed by atoms with Crippen LogP contribution in [0.4, 0.5) is 5.69 Å². The molecule has 2 amide bonds. The van der Waals surface area contributed by atoms with Gasteiger partial charge in [0.05, 0.1) is 16.7 Å². The third kappa shape index (κ3) is 5.03. The first kappa shape index (κ1) is 16.3. The lowest BCUT2D eigenvalue weighted by Gasteiger charge is -2.12. The van der Waals surface area contributed by atoms with E-state index < -0.39 is 10.2 Å². The van der Waals surface area contributed by atoms with E-state index >= 15 is 0 Å². The summed E-state index contributed by atoms with van der Waals surface area (Å²) in [7, 11) is 0. The number of nitro groups is 1. The molecule has 0 aliphatic heterocycles. The van der Waals surface area contributed by atoms with Gasteiger partial charge in [-0.05, 0) is 31.9 Å². The quantitative estimate of drug-likeness (QED) is 0.449. The first-order valence-electron chi connectivity index (χ1n) is 6.94. The highest BCUT2D eigenvalue weighted by Gasteiger charge is 2.23. The molecule has 1 aliphatic rings. The number of carbonyl (C=O) groups excluding carboxylic acids is 2. The van der Waals surface area contributed by atoms with Gasteiger partial charge in [-0.3, -0.25) is 19.7 Å². The van der Waals surface area contributed by atoms with Crippen LogP contribution in [0.25, 0.3) is 0 Å². The molecular weight excluding hydrogens is 306 g/mol. The van der Waals surface area contributed by atoms with Crippen molar-refractivity contribution in [3.8, 4) is 0 Å². The number of benzene rings is 1. The molecule has 2 N–H and O–H groups in total. The maximum absolute atomic E-state index is 11.9. The van der Waals surface area contributed by atoms with E-state index in [0.717, 1.165) is 17.7 Å². The number of carbonyl (C=O) groups is 2. The van der Waals surface area contributed by atoms with Crippen LogP contribution >= 0.6 is 11.8 Å². The molecule has 2 rings (SSSR count). The molecule has 8 heteroatoms. The fourth-order valence-corrected chi connectivity index (χ4v) is 2.61. The van der Waals surface area contributed by atoms with Crippen molar-refractivity contribution in [3.05, 3.63) is 34.4 Å². The van der Waals surface area contributed by atoms with Crippen LogP contribution in [0.15, 0.2) is 29.2 Å². The molecule has 1 aromatic rings. The van der Waals surface area contributed by atoms with E-state index in [-0.39, 0.29) is 30.1 Å². The lowest BCUT2D eigenvalue weighted by atomic mass is 10.3. The van der Waals surface area contributed by atoms with E-state index in [1.165, 1.54) is 23.9 Å². The highest BCUT2D eigenvalue weighted by molar-refractivity contribution is 8.00. The van der Waals surface area contributed by atoms with Crippen molar-refractivity contribution < 1.29 is 14.5 Å². The fraction of sp³-hybridized carbons (Fsp3) is 0.429. The highest BCUT2D eigenvalue weighted by atomic mass is 32.2. The van der Waals surface area contributed by atoms with Gasteiger partial charge in [0.1, 0.15) is 0 Å². The minimum absolute atomic E-state index is 0.0122. The Labute approximate surface area is 132 Å². The lowest BCUT2D eigenvalue weighted by Crippen LogP contribution is -2.40. The molecule has 7 nitrogen and oxygen atoms in total. The highest BCUT2D eigenvalue weighted by Crippen LogP contribution is 2.25. The number of amides is 2. The molecule has 0 saturated heterocycles. The van der Waals surface area contributed by atoms with Crippen molar-refractivity contribution >= 4 is 29.3 Å². The van der Waals surface area contributed by atoms with E-state index in [9.17, 15) is 19.7 Å². The minimum Gasteiger partial charge on any atom is -0.352 e. The fourth-order valence-electron chi connectivity index (χ4n) is 1.72. The molecule has 0 heterocycles. The van der Waals surface area contributed by atoms with Gasteiger partial charge < -0.3 is 10.6 Å². The van der Waals surface area contributed by atoms with E-state index in [2.05, 4.69) is 10.6 Å². The third-order valence-electron chi connectivity index (χ3n) is 3.10. The second-order valence-electron chi connectivity index (χ2n) is 5.07. The number of nitrogens with one attached hydrogen (secondary N) is 2. The van der Waals surface area contributed by atoms with Crippen LogP contribution in [0, 0.1) is 10.1 Å². The van der Waals surface area contributed by atoms with Gasteiger partial charge in [0.2, 0.25) is 11.8 Å². The van der Waals surface area contributed by atoms with Gasteiger partial charge in [0.25, 0.3) is 5.69 Å². The van der Waals surface area contributed by atoms with Gasteiger partial charge >= 0.3 is 0 Å².